The summed E-state index contributed by atoms with van der Waals surface area (Å²) in [5.41, 5.74) is 2.72. The van der Waals surface area contributed by atoms with Crippen LogP contribution in [0, 0.1) is 13.8 Å². The molecule has 0 radical (unpaired) electrons. The summed E-state index contributed by atoms with van der Waals surface area (Å²) in [4.78, 5) is 10.5. The Labute approximate surface area is 128 Å². The Kier molecular flexibility index (Phi) is 4.66. The minimum atomic E-state index is -0.970. The normalized spacial score (nSPS) is 10.8. The number of carbonyl (C=O) groups is 1. The molecule has 2 aromatic rings. The molecule has 4 heteroatoms. The van der Waals surface area contributed by atoms with Gasteiger partial charge in [-0.15, -0.1) is 0 Å². The Morgan fingerprint density at radius 3 is 2.52 bits per heavy atom. The van der Waals surface area contributed by atoms with Crippen LogP contribution in [-0.2, 0) is 4.79 Å². The first-order valence-corrected chi connectivity index (χ1v) is 6.79. The van der Waals surface area contributed by atoms with Gasteiger partial charge < -0.3 is 9.84 Å². The third-order valence-corrected chi connectivity index (χ3v) is 3.22. The zero-order valence-electron chi connectivity index (χ0n) is 11.8. The number of carboxylic acid groups (broad SMARTS) is 1. The van der Waals surface area contributed by atoms with Crippen molar-refractivity contribution in [2.45, 2.75) is 13.8 Å². The van der Waals surface area contributed by atoms with Crippen LogP contribution >= 0.6 is 11.6 Å². The fraction of sp³-hybridized carbons (Fsp3) is 0.118. The van der Waals surface area contributed by atoms with E-state index in [0.29, 0.717) is 16.5 Å². The van der Waals surface area contributed by atoms with Crippen LogP contribution in [0.1, 0.15) is 16.7 Å². The highest BCUT2D eigenvalue weighted by Gasteiger charge is 2.05. The maximum atomic E-state index is 10.5. The molecule has 0 aliphatic heterocycles. The van der Waals surface area contributed by atoms with E-state index in [1.807, 2.05) is 44.2 Å². The molecule has 0 unspecified atom stereocenters. The van der Waals surface area contributed by atoms with Crippen LogP contribution in [0.5, 0.6) is 11.5 Å². The summed E-state index contributed by atoms with van der Waals surface area (Å²) in [5.74, 6) is 0.454. The topological polar surface area (TPSA) is 46.5 Å². The van der Waals surface area contributed by atoms with Crippen molar-refractivity contribution in [1.29, 1.82) is 0 Å². The van der Waals surface area contributed by atoms with Crippen LogP contribution in [0.4, 0.5) is 0 Å². The molecule has 0 heterocycles. The molecule has 108 valence electrons. The number of aryl methyl sites for hydroxylation is 2. The number of hydrogen-bond acceptors (Lipinski definition) is 2. The van der Waals surface area contributed by atoms with Crippen LogP contribution in [0.3, 0.4) is 0 Å². The van der Waals surface area contributed by atoms with Gasteiger partial charge in [-0.3, -0.25) is 0 Å². The highest BCUT2D eigenvalue weighted by atomic mass is 35.5. The quantitative estimate of drug-likeness (QED) is 0.821. The molecule has 0 aliphatic carbocycles. The van der Waals surface area contributed by atoms with Crippen molar-refractivity contribution in [2.75, 3.05) is 0 Å². The van der Waals surface area contributed by atoms with Crippen molar-refractivity contribution in [3.8, 4) is 11.5 Å². The van der Waals surface area contributed by atoms with Gasteiger partial charge in [0.2, 0.25) is 0 Å². The Balaban J connectivity index is 2.25. The second-order valence-corrected chi connectivity index (χ2v) is 5.14. The zero-order valence-corrected chi connectivity index (χ0v) is 12.5. The number of ether oxygens (including phenoxy) is 1. The zero-order chi connectivity index (χ0) is 15.4. The first kappa shape index (κ1) is 15.1. The maximum absolute atomic E-state index is 10.5. The Hall–Kier alpha value is -2.26. The van der Waals surface area contributed by atoms with Gasteiger partial charge >= 0.3 is 5.97 Å². The average molecular weight is 303 g/mol. The second-order valence-electron chi connectivity index (χ2n) is 4.71. The predicted octanol–water partition coefficient (Wildman–Crippen LogP) is 4.85. The van der Waals surface area contributed by atoms with E-state index in [0.717, 1.165) is 22.8 Å². The third-order valence-electron chi connectivity index (χ3n) is 2.99. The number of hydrogen-bond donors (Lipinski definition) is 1. The standard InChI is InChI=1S/C17H15ClO3/c1-11-3-6-14(18)10-16(11)21-15-7-4-13(9-12(15)2)5-8-17(19)20/h3-10H,1-2H3,(H,19,20). The SMILES string of the molecule is Cc1cc(C=CC(=O)O)ccc1Oc1cc(Cl)ccc1C. The van der Waals surface area contributed by atoms with E-state index < -0.39 is 5.97 Å². The summed E-state index contributed by atoms with van der Waals surface area (Å²) < 4.78 is 5.88. The molecule has 2 rings (SSSR count). The smallest absolute Gasteiger partial charge is 0.328 e. The molecule has 0 spiro atoms. The molecule has 3 nitrogen and oxygen atoms in total. The third kappa shape index (κ3) is 4.10. The summed E-state index contributed by atoms with van der Waals surface area (Å²) in [6.45, 7) is 3.86. The fourth-order valence-electron chi connectivity index (χ4n) is 1.86. The van der Waals surface area contributed by atoms with Crippen molar-refractivity contribution in [1.82, 2.24) is 0 Å². The lowest BCUT2D eigenvalue weighted by Gasteiger charge is -2.12. The number of rotatable bonds is 4. The van der Waals surface area contributed by atoms with Gasteiger partial charge in [0.15, 0.2) is 0 Å². The number of aliphatic carboxylic acids is 1. The summed E-state index contributed by atoms with van der Waals surface area (Å²) in [6, 6.07) is 11.0. The molecule has 0 atom stereocenters. The first-order chi connectivity index (χ1) is 9.95. The minimum Gasteiger partial charge on any atom is -0.478 e. The molecule has 0 saturated carbocycles. The molecule has 0 aliphatic rings. The van der Waals surface area contributed by atoms with Crippen LogP contribution in [0.25, 0.3) is 6.08 Å². The van der Waals surface area contributed by atoms with Crippen LogP contribution < -0.4 is 4.74 Å². The molecule has 21 heavy (non-hydrogen) atoms. The molecule has 0 amide bonds. The van der Waals surface area contributed by atoms with E-state index >= 15 is 0 Å². The lowest BCUT2D eigenvalue weighted by molar-refractivity contribution is -0.131. The van der Waals surface area contributed by atoms with Gasteiger partial charge in [0.05, 0.1) is 0 Å². The number of carboxylic acids is 1. The van der Waals surface area contributed by atoms with E-state index in [1.54, 1.807) is 12.1 Å². The summed E-state index contributed by atoms with van der Waals surface area (Å²) >= 11 is 5.97. The lowest BCUT2D eigenvalue weighted by Crippen LogP contribution is -1.91. The Morgan fingerprint density at radius 2 is 1.86 bits per heavy atom. The van der Waals surface area contributed by atoms with Crippen molar-refractivity contribution in [3.05, 3.63) is 64.2 Å². The van der Waals surface area contributed by atoms with Gasteiger partial charge in [-0.1, -0.05) is 23.7 Å². The second kappa shape index (κ2) is 6.46. The monoisotopic (exact) mass is 302 g/mol. The van der Waals surface area contributed by atoms with Crippen molar-refractivity contribution >= 4 is 23.6 Å². The van der Waals surface area contributed by atoms with Gasteiger partial charge in [-0.25, -0.2) is 4.79 Å². The number of halogens is 1. The van der Waals surface area contributed by atoms with E-state index in [2.05, 4.69) is 0 Å². The van der Waals surface area contributed by atoms with Crippen LogP contribution in [-0.4, -0.2) is 11.1 Å². The highest BCUT2D eigenvalue weighted by Crippen LogP contribution is 2.30. The van der Waals surface area contributed by atoms with E-state index in [9.17, 15) is 4.79 Å². The summed E-state index contributed by atoms with van der Waals surface area (Å²) in [5, 5.41) is 9.25. The summed E-state index contributed by atoms with van der Waals surface area (Å²) in [6.07, 6.45) is 2.65. The molecule has 2 aromatic carbocycles. The van der Waals surface area contributed by atoms with Crippen molar-refractivity contribution in [2.24, 2.45) is 0 Å². The molecular formula is C17H15ClO3. The fourth-order valence-corrected chi connectivity index (χ4v) is 2.02. The van der Waals surface area contributed by atoms with Crippen molar-refractivity contribution in [3.63, 3.8) is 0 Å². The van der Waals surface area contributed by atoms with E-state index in [4.69, 9.17) is 21.4 Å². The minimum absolute atomic E-state index is 0.620. The Bertz CT molecular complexity index is 705. The highest BCUT2D eigenvalue weighted by molar-refractivity contribution is 6.30. The largest absolute Gasteiger partial charge is 0.478 e. The molecule has 0 saturated heterocycles. The van der Waals surface area contributed by atoms with Gasteiger partial charge in [0.1, 0.15) is 11.5 Å². The average Bonchev–Trinajstić information content (AvgIpc) is 2.43. The lowest BCUT2D eigenvalue weighted by atomic mass is 10.1. The van der Waals surface area contributed by atoms with Gasteiger partial charge in [-0.05, 0) is 60.9 Å². The van der Waals surface area contributed by atoms with E-state index in [1.165, 1.54) is 0 Å². The van der Waals surface area contributed by atoms with E-state index in [-0.39, 0.29) is 0 Å². The van der Waals surface area contributed by atoms with Gasteiger partial charge in [-0.2, -0.15) is 0 Å². The predicted molar refractivity (Wildman–Crippen MR) is 84.1 cm³/mol. The van der Waals surface area contributed by atoms with Crippen LogP contribution in [0.2, 0.25) is 5.02 Å². The van der Waals surface area contributed by atoms with Gasteiger partial charge in [0, 0.05) is 11.1 Å². The summed E-state index contributed by atoms with van der Waals surface area (Å²) in [7, 11) is 0. The molecule has 1 N–H and O–H groups in total. The Morgan fingerprint density at radius 1 is 1.10 bits per heavy atom. The number of benzene rings is 2. The maximum Gasteiger partial charge on any atom is 0.328 e. The molecule has 0 bridgehead atoms. The molecular weight excluding hydrogens is 288 g/mol. The van der Waals surface area contributed by atoms with Gasteiger partial charge in [0.25, 0.3) is 0 Å². The first-order valence-electron chi connectivity index (χ1n) is 6.41. The van der Waals surface area contributed by atoms with Crippen molar-refractivity contribution < 1.29 is 14.6 Å². The van der Waals surface area contributed by atoms with Crippen LogP contribution in [0.15, 0.2) is 42.5 Å². The molecule has 0 aromatic heterocycles. The molecule has 0 fully saturated rings.